The number of anilines is 1. The molecule has 0 bridgehead atoms. The molecule has 1 aromatic heterocycles. The van der Waals surface area contributed by atoms with E-state index in [0.29, 0.717) is 0 Å². The smallest absolute Gasteiger partial charge is 0.191 e. The first-order valence-electron chi connectivity index (χ1n) is 10.3. The number of allylic oxidation sites excluding steroid dienone is 1. The van der Waals surface area contributed by atoms with E-state index in [2.05, 4.69) is 55.7 Å². The molecule has 6 nitrogen and oxygen atoms in total. The normalized spacial score (nSPS) is 18.3. The number of hydrogen-bond donors (Lipinski definition) is 2. The molecule has 1 fully saturated rings. The summed E-state index contributed by atoms with van der Waals surface area (Å²) in [5.74, 6) is 1.94. The molecule has 1 aliphatic heterocycles. The van der Waals surface area contributed by atoms with E-state index in [9.17, 15) is 0 Å². The molecule has 0 aromatic carbocycles. The lowest BCUT2D eigenvalue weighted by Crippen LogP contribution is -2.44. The van der Waals surface area contributed by atoms with Crippen LogP contribution in [-0.4, -0.2) is 62.7 Å². The minimum atomic E-state index is 0. The maximum absolute atomic E-state index is 4.56. The zero-order valence-electron chi connectivity index (χ0n) is 17.3. The highest BCUT2D eigenvalue weighted by Gasteiger charge is 2.15. The first kappa shape index (κ1) is 22.9. The summed E-state index contributed by atoms with van der Waals surface area (Å²) in [7, 11) is 4.01. The molecule has 1 saturated heterocycles. The van der Waals surface area contributed by atoms with E-state index < -0.39 is 0 Å². The lowest BCUT2D eigenvalue weighted by Gasteiger charge is -2.33. The maximum atomic E-state index is 4.56. The minimum absolute atomic E-state index is 0. The highest BCUT2D eigenvalue weighted by atomic mass is 127. The number of piperazine rings is 1. The highest BCUT2D eigenvalue weighted by Crippen LogP contribution is 2.19. The van der Waals surface area contributed by atoms with Crippen molar-refractivity contribution in [1.82, 2.24) is 20.5 Å². The number of guanidine groups is 1. The van der Waals surface area contributed by atoms with Crippen molar-refractivity contribution in [3.63, 3.8) is 0 Å². The Labute approximate surface area is 186 Å². The number of halogens is 1. The summed E-state index contributed by atoms with van der Waals surface area (Å²) in [4.78, 5) is 13.6. The third-order valence-corrected chi connectivity index (χ3v) is 5.44. The van der Waals surface area contributed by atoms with E-state index in [-0.39, 0.29) is 24.0 Å². The highest BCUT2D eigenvalue weighted by molar-refractivity contribution is 14.0. The molecule has 3 rings (SSSR count). The van der Waals surface area contributed by atoms with Gasteiger partial charge < -0.3 is 20.4 Å². The lowest BCUT2D eigenvalue weighted by molar-refractivity contribution is 0.312. The molecule has 0 amide bonds. The van der Waals surface area contributed by atoms with Gasteiger partial charge in [0.25, 0.3) is 0 Å². The molecule has 2 heterocycles. The van der Waals surface area contributed by atoms with Crippen molar-refractivity contribution >= 4 is 35.8 Å². The van der Waals surface area contributed by atoms with Gasteiger partial charge in [-0.2, -0.15) is 0 Å². The van der Waals surface area contributed by atoms with E-state index >= 15 is 0 Å². The molecular weight excluding hydrogens is 463 g/mol. The average molecular weight is 498 g/mol. The zero-order chi connectivity index (χ0) is 18.9. The Kier molecular flexibility index (Phi) is 10.0. The summed E-state index contributed by atoms with van der Waals surface area (Å²) in [5, 5.41) is 6.86. The number of rotatable bonds is 6. The number of aliphatic imine (C=N–C) groups is 1. The summed E-state index contributed by atoms with van der Waals surface area (Å²) in [6, 6.07) is 4.27. The standard InChI is InChI=1S/C21H34N6.HI/c1-22-21(24-11-8-18-6-4-3-5-7-18)25-17-19-9-10-23-20(16-19)27-14-12-26(2)13-15-27;/h6,9-10,16H,3-5,7-8,11-15,17H2,1-2H3,(H2,22,24,25);1H. The van der Waals surface area contributed by atoms with Crippen LogP contribution < -0.4 is 15.5 Å². The molecule has 28 heavy (non-hydrogen) atoms. The van der Waals surface area contributed by atoms with Gasteiger partial charge in [0.05, 0.1) is 0 Å². The molecule has 2 aliphatic rings. The van der Waals surface area contributed by atoms with Crippen LogP contribution in [0.2, 0.25) is 0 Å². The Morgan fingerprint density at radius 3 is 2.71 bits per heavy atom. The summed E-state index contributed by atoms with van der Waals surface area (Å²) in [5.41, 5.74) is 2.83. The van der Waals surface area contributed by atoms with Gasteiger partial charge >= 0.3 is 0 Å². The van der Waals surface area contributed by atoms with Crippen LogP contribution in [0.25, 0.3) is 0 Å². The predicted molar refractivity (Wildman–Crippen MR) is 129 cm³/mol. The second-order valence-electron chi connectivity index (χ2n) is 7.52. The minimum Gasteiger partial charge on any atom is -0.356 e. The molecule has 7 heteroatoms. The summed E-state index contributed by atoms with van der Waals surface area (Å²) in [6.45, 7) is 5.97. The summed E-state index contributed by atoms with van der Waals surface area (Å²) in [6.07, 6.45) is 10.6. The Hall–Kier alpha value is -1.35. The number of hydrogen-bond acceptors (Lipinski definition) is 4. The first-order valence-corrected chi connectivity index (χ1v) is 10.3. The number of likely N-dealkylation sites (N-methyl/N-ethyl adjacent to an activating group) is 1. The van der Waals surface area contributed by atoms with Crippen molar-refractivity contribution in [2.75, 3.05) is 51.7 Å². The van der Waals surface area contributed by atoms with Crippen molar-refractivity contribution in [2.45, 2.75) is 38.6 Å². The summed E-state index contributed by atoms with van der Waals surface area (Å²) < 4.78 is 0. The molecule has 156 valence electrons. The van der Waals surface area contributed by atoms with Crippen LogP contribution in [0.1, 0.15) is 37.7 Å². The first-order chi connectivity index (χ1) is 13.2. The fraction of sp³-hybridized carbons (Fsp3) is 0.619. The predicted octanol–water partition coefficient (Wildman–Crippen LogP) is 3.01. The largest absolute Gasteiger partial charge is 0.356 e. The van der Waals surface area contributed by atoms with Gasteiger partial charge in [0.2, 0.25) is 0 Å². The molecule has 1 aliphatic carbocycles. The molecule has 0 atom stereocenters. The van der Waals surface area contributed by atoms with Crippen LogP contribution in [-0.2, 0) is 6.54 Å². The van der Waals surface area contributed by atoms with Crippen molar-refractivity contribution in [2.24, 2.45) is 4.99 Å². The van der Waals surface area contributed by atoms with E-state index in [4.69, 9.17) is 0 Å². The van der Waals surface area contributed by atoms with Gasteiger partial charge in [-0.1, -0.05) is 11.6 Å². The van der Waals surface area contributed by atoms with Crippen LogP contribution in [0.4, 0.5) is 5.82 Å². The number of aromatic nitrogens is 1. The second kappa shape index (κ2) is 12.3. The second-order valence-corrected chi connectivity index (χ2v) is 7.52. The van der Waals surface area contributed by atoms with Crippen LogP contribution in [0, 0.1) is 0 Å². The fourth-order valence-electron chi connectivity index (χ4n) is 3.66. The van der Waals surface area contributed by atoms with Crippen molar-refractivity contribution in [3.8, 4) is 0 Å². The monoisotopic (exact) mass is 498 g/mol. The van der Waals surface area contributed by atoms with Gasteiger partial charge in [0.1, 0.15) is 5.82 Å². The molecule has 0 spiro atoms. The Morgan fingerprint density at radius 1 is 1.18 bits per heavy atom. The van der Waals surface area contributed by atoms with E-state index in [0.717, 1.165) is 57.5 Å². The van der Waals surface area contributed by atoms with Crippen LogP contribution in [0.5, 0.6) is 0 Å². The van der Waals surface area contributed by atoms with Crippen LogP contribution in [0.15, 0.2) is 35.0 Å². The quantitative estimate of drug-likeness (QED) is 0.274. The van der Waals surface area contributed by atoms with Gasteiger partial charge in [0.15, 0.2) is 5.96 Å². The average Bonchev–Trinajstić information content (AvgIpc) is 2.72. The third kappa shape index (κ3) is 7.24. The van der Waals surface area contributed by atoms with Gasteiger partial charge in [0, 0.05) is 52.5 Å². The Bertz CT molecular complexity index is 652. The van der Waals surface area contributed by atoms with Crippen LogP contribution in [0.3, 0.4) is 0 Å². The van der Waals surface area contributed by atoms with Crippen molar-refractivity contribution in [1.29, 1.82) is 0 Å². The maximum Gasteiger partial charge on any atom is 0.191 e. The molecule has 2 N–H and O–H groups in total. The Morgan fingerprint density at radius 2 is 2.00 bits per heavy atom. The van der Waals surface area contributed by atoms with Crippen molar-refractivity contribution < 1.29 is 0 Å². The number of nitrogens with one attached hydrogen (secondary N) is 2. The number of pyridine rings is 1. The summed E-state index contributed by atoms with van der Waals surface area (Å²) >= 11 is 0. The van der Waals surface area contributed by atoms with E-state index in [1.54, 1.807) is 5.57 Å². The Balaban J connectivity index is 0.00000280. The molecule has 0 unspecified atom stereocenters. The lowest BCUT2D eigenvalue weighted by atomic mass is 9.97. The molecular formula is C21H35IN6. The number of nitrogens with zero attached hydrogens (tertiary/aromatic N) is 4. The van der Waals surface area contributed by atoms with Gasteiger partial charge in [-0.05, 0) is 56.8 Å². The van der Waals surface area contributed by atoms with E-state index in [1.165, 1.54) is 31.2 Å². The van der Waals surface area contributed by atoms with Gasteiger partial charge in [-0.25, -0.2) is 4.98 Å². The van der Waals surface area contributed by atoms with Gasteiger partial charge in [-0.15, -0.1) is 24.0 Å². The molecule has 0 saturated carbocycles. The SMILES string of the molecule is CN=C(NCCC1=CCCCC1)NCc1ccnc(N2CCN(C)CC2)c1.I. The molecule has 0 radical (unpaired) electrons. The third-order valence-electron chi connectivity index (χ3n) is 5.44. The van der Waals surface area contributed by atoms with E-state index in [1.807, 2.05) is 13.2 Å². The van der Waals surface area contributed by atoms with Crippen LogP contribution >= 0.6 is 24.0 Å². The van der Waals surface area contributed by atoms with Gasteiger partial charge in [-0.3, -0.25) is 4.99 Å². The topological polar surface area (TPSA) is 55.8 Å². The fourth-order valence-corrected chi connectivity index (χ4v) is 3.66. The molecule has 1 aromatic rings. The zero-order valence-corrected chi connectivity index (χ0v) is 19.6. The van der Waals surface area contributed by atoms with Crippen molar-refractivity contribution in [3.05, 3.63) is 35.5 Å².